The number of nitrogens with zero attached hydrogens (tertiary/aromatic N) is 1. The third kappa shape index (κ3) is 3.58. The van der Waals surface area contributed by atoms with Crippen molar-refractivity contribution in [3.8, 4) is 0 Å². The van der Waals surface area contributed by atoms with E-state index in [2.05, 4.69) is 11.4 Å². The van der Waals surface area contributed by atoms with Gasteiger partial charge < -0.3 is 10.2 Å². The molecule has 2 N–H and O–H groups in total. The molecule has 1 aromatic heterocycles. The zero-order valence-electron chi connectivity index (χ0n) is 14.0. The Labute approximate surface area is 165 Å². The summed E-state index contributed by atoms with van der Waals surface area (Å²) < 4.78 is 1.20. The lowest BCUT2D eigenvalue weighted by Gasteiger charge is -2.19. The summed E-state index contributed by atoms with van der Waals surface area (Å²) in [6.45, 7) is 1.34. The Hall–Kier alpha value is -1.66. The fourth-order valence-electron chi connectivity index (χ4n) is 3.47. The largest absolute Gasteiger partial charge is 0.319 e. The van der Waals surface area contributed by atoms with Crippen LogP contribution in [0.4, 0.5) is 5.69 Å². The molecular formula is C19H18Cl2N3OS+. The number of halogens is 2. The number of amides is 1. The second-order valence-electron chi connectivity index (χ2n) is 6.44. The van der Waals surface area contributed by atoms with Gasteiger partial charge in [-0.15, -0.1) is 11.3 Å². The van der Waals surface area contributed by atoms with Gasteiger partial charge in [0, 0.05) is 12.8 Å². The number of aromatic nitrogens is 1. The smallest absolute Gasteiger partial charge is 0.279 e. The predicted octanol–water partition coefficient (Wildman–Crippen LogP) is 3.96. The van der Waals surface area contributed by atoms with Crippen molar-refractivity contribution in [1.82, 2.24) is 4.98 Å². The zero-order chi connectivity index (χ0) is 18.1. The third-order valence-corrected chi connectivity index (χ3v) is 6.49. The summed E-state index contributed by atoms with van der Waals surface area (Å²) in [6, 6.07) is 13.6. The zero-order valence-corrected chi connectivity index (χ0v) is 16.3. The van der Waals surface area contributed by atoms with E-state index in [1.54, 1.807) is 29.5 Å². The molecule has 0 aliphatic carbocycles. The number of thiazole rings is 1. The number of quaternary nitrogens is 1. The van der Waals surface area contributed by atoms with Gasteiger partial charge in [-0.05, 0) is 24.3 Å². The lowest BCUT2D eigenvalue weighted by Crippen LogP contribution is -3.11. The Morgan fingerprint density at radius 2 is 1.96 bits per heavy atom. The molecule has 7 heteroatoms. The van der Waals surface area contributed by atoms with Crippen LogP contribution in [0.2, 0.25) is 10.0 Å². The Kier molecular flexibility index (Phi) is 5.14. The van der Waals surface area contributed by atoms with Crippen molar-refractivity contribution in [1.29, 1.82) is 0 Å². The average molecular weight is 407 g/mol. The highest BCUT2D eigenvalue weighted by Crippen LogP contribution is 2.30. The maximum atomic E-state index is 12.6. The molecule has 4 rings (SSSR count). The van der Waals surface area contributed by atoms with Gasteiger partial charge in [-0.1, -0.05) is 41.4 Å². The van der Waals surface area contributed by atoms with Crippen LogP contribution in [0.3, 0.4) is 0 Å². The first-order chi connectivity index (χ1) is 12.6. The molecule has 0 bridgehead atoms. The summed E-state index contributed by atoms with van der Waals surface area (Å²) in [5.41, 5.74) is 1.52. The highest BCUT2D eigenvalue weighted by atomic mass is 35.5. The van der Waals surface area contributed by atoms with Gasteiger partial charge in [0.2, 0.25) is 0 Å². The van der Waals surface area contributed by atoms with Crippen LogP contribution in [0.15, 0.2) is 42.5 Å². The molecule has 1 fully saturated rings. The van der Waals surface area contributed by atoms with Crippen molar-refractivity contribution in [3.05, 3.63) is 57.5 Å². The second kappa shape index (κ2) is 7.53. The molecule has 1 aliphatic rings. The molecule has 2 aromatic carbocycles. The van der Waals surface area contributed by atoms with Crippen LogP contribution in [0, 0.1) is 0 Å². The van der Waals surface area contributed by atoms with E-state index in [-0.39, 0.29) is 11.9 Å². The number of likely N-dealkylation sites (tertiary alicyclic amines) is 1. The number of para-hydroxylation sites is 2. The highest BCUT2D eigenvalue weighted by molar-refractivity contribution is 7.18. The monoisotopic (exact) mass is 406 g/mol. The normalized spacial score (nSPS) is 19.8. The molecular weight excluding hydrogens is 389 g/mol. The molecule has 2 atom stereocenters. The van der Waals surface area contributed by atoms with Crippen molar-refractivity contribution >= 4 is 56.3 Å². The molecule has 26 heavy (non-hydrogen) atoms. The van der Waals surface area contributed by atoms with Gasteiger partial charge in [-0.3, -0.25) is 4.79 Å². The number of carbonyl (C=O) groups excluding carboxylic acids is 1. The van der Waals surface area contributed by atoms with Crippen LogP contribution in [0.5, 0.6) is 0 Å². The number of hydrogen-bond donors (Lipinski definition) is 2. The average Bonchev–Trinajstić information content (AvgIpc) is 3.24. The first kappa shape index (κ1) is 17.7. The first-order valence-corrected chi connectivity index (χ1v) is 10.1. The summed E-state index contributed by atoms with van der Waals surface area (Å²) >= 11 is 14.0. The van der Waals surface area contributed by atoms with Crippen molar-refractivity contribution in [2.24, 2.45) is 0 Å². The highest BCUT2D eigenvalue weighted by Gasteiger charge is 2.34. The van der Waals surface area contributed by atoms with Crippen LogP contribution >= 0.6 is 34.5 Å². The fourth-order valence-corrected chi connectivity index (χ4v) is 5.12. The van der Waals surface area contributed by atoms with Crippen molar-refractivity contribution in [2.75, 3.05) is 18.4 Å². The van der Waals surface area contributed by atoms with Crippen LogP contribution in [0.1, 0.15) is 23.9 Å². The van der Waals surface area contributed by atoms with Crippen molar-refractivity contribution in [2.45, 2.75) is 18.9 Å². The SMILES string of the molecule is O=C(C[NH+]1CCC[C@@H]1c1nc2ccccc2s1)Nc1c(Cl)cccc1Cl. The molecule has 1 aliphatic heterocycles. The number of fused-ring (bicyclic) bond motifs is 1. The van der Waals surface area contributed by atoms with E-state index in [0.717, 1.165) is 29.9 Å². The number of carbonyl (C=O) groups is 1. The van der Waals surface area contributed by atoms with Gasteiger partial charge in [0.1, 0.15) is 6.04 Å². The predicted molar refractivity (Wildman–Crippen MR) is 107 cm³/mol. The standard InChI is InChI=1S/C19H17Cl2N3OS/c20-12-5-3-6-13(21)18(12)23-17(25)11-24-10-4-8-15(24)19-22-14-7-1-2-9-16(14)26-19/h1-3,5-7,9,15H,4,8,10-11H2,(H,23,25)/p+1/t15-/m1/s1. The summed E-state index contributed by atoms with van der Waals surface area (Å²) in [5, 5.41) is 4.87. The molecule has 3 aromatic rings. The third-order valence-electron chi connectivity index (χ3n) is 4.71. The van der Waals surface area contributed by atoms with Crippen LogP contribution in [-0.2, 0) is 4.79 Å². The molecule has 1 amide bonds. The summed E-state index contributed by atoms with van der Waals surface area (Å²) in [5.74, 6) is -0.0805. The number of anilines is 1. The van der Waals surface area contributed by atoms with Gasteiger partial charge in [0.15, 0.2) is 11.6 Å². The Morgan fingerprint density at radius 1 is 1.19 bits per heavy atom. The molecule has 134 valence electrons. The summed E-state index contributed by atoms with van der Waals surface area (Å²) in [7, 11) is 0. The van der Waals surface area contributed by atoms with Gasteiger partial charge in [0.25, 0.3) is 5.91 Å². The minimum atomic E-state index is -0.0805. The fraction of sp³-hybridized carbons (Fsp3) is 0.263. The van der Waals surface area contributed by atoms with Crippen LogP contribution in [0.25, 0.3) is 10.2 Å². The van der Waals surface area contributed by atoms with E-state index in [1.807, 2.05) is 18.2 Å². The van der Waals surface area contributed by atoms with Gasteiger partial charge in [-0.25, -0.2) is 4.98 Å². The Bertz CT molecular complexity index is 906. The van der Waals surface area contributed by atoms with Gasteiger partial charge in [-0.2, -0.15) is 0 Å². The number of rotatable bonds is 4. The number of benzene rings is 2. The minimum absolute atomic E-state index is 0.0805. The lowest BCUT2D eigenvalue weighted by molar-refractivity contribution is -0.910. The van der Waals surface area contributed by atoms with E-state index in [9.17, 15) is 4.79 Å². The first-order valence-electron chi connectivity index (χ1n) is 8.56. The molecule has 1 unspecified atom stereocenters. The molecule has 0 spiro atoms. The molecule has 0 saturated carbocycles. The van der Waals surface area contributed by atoms with E-state index >= 15 is 0 Å². The second-order valence-corrected chi connectivity index (χ2v) is 8.32. The maximum Gasteiger partial charge on any atom is 0.279 e. The maximum absolute atomic E-state index is 12.6. The summed E-state index contributed by atoms with van der Waals surface area (Å²) in [4.78, 5) is 18.6. The van der Waals surface area contributed by atoms with Crippen molar-refractivity contribution in [3.63, 3.8) is 0 Å². The van der Waals surface area contributed by atoms with Crippen LogP contribution in [-0.4, -0.2) is 24.0 Å². The topological polar surface area (TPSA) is 46.4 Å². The molecule has 0 radical (unpaired) electrons. The van der Waals surface area contributed by atoms with Crippen molar-refractivity contribution < 1.29 is 9.69 Å². The van der Waals surface area contributed by atoms with Gasteiger partial charge >= 0.3 is 0 Å². The van der Waals surface area contributed by atoms with E-state index < -0.39 is 0 Å². The van der Waals surface area contributed by atoms with E-state index in [4.69, 9.17) is 28.2 Å². The Balaban J connectivity index is 1.49. The minimum Gasteiger partial charge on any atom is -0.319 e. The van der Waals surface area contributed by atoms with E-state index in [0.29, 0.717) is 22.3 Å². The number of hydrogen-bond acceptors (Lipinski definition) is 3. The molecule has 4 nitrogen and oxygen atoms in total. The van der Waals surface area contributed by atoms with Crippen LogP contribution < -0.4 is 10.2 Å². The quantitative estimate of drug-likeness (QED) is 0.688. The summed E-state index contributed by atoms with van der Waals surface area (Å²) in [6.07, 6.45) is 2.14. The molecule has 2 heterocycles. The number of nitrogens with one attached hydrogen (secondary N) is 2. The lowest BCUT2D eigenvalue weighted by atomic mass is 10.2. The van der Waals surface area contributed by atoms with Gasteiger partial charge in [0.05, 0.1) is 32.5 Å². The molecule has 1 saturated heterocycles. The Morgan fingerprint density at radius 3 is 2.73 bits per heavy atom. The van der Waals surface area contributed by atoms with E-state index in [1.165, 1.54) is 9.60 Å².